The number of likely N-dealkylation sites (tertiary alicyclic amines) is 1. The SMILES string of the molecule is COc1nccc(C2(O)CCN(C)CC2)c1F. The Labute approximate surface area is 100 Å². The van der Waals surface area contributed by atoms with E-state index < -0.39 is 11.4 Å². The molecule has 0 aromatic carbocycles. The Hall–Kier alpha value is -1.20. The van der Waals surface area contributed by atoms with Gasteiger partial charge in [0.2, 0.25) is 5.88 Å². The van der Waals surface area contributed by atoms with E-state index in [9.17, 15) is 9.50 Å². The van der Waals surface area contributed by atoms with Crippen LogP contribution in [0.1, 0.15) is 18.4 Å². The standard InChI is InChI=1S/C12H17FN2O2/c1-15-7-4-12(16,5-8-15)9-3-6-14-11(17-2)10(9)13/h3,6,16H,4-5,7-8H2,1-2H3. The minimum Gasteiger partial charge on any atom is -0.479 e. The number of ether oxygens (including phenoxy) is 1. The molecule has 94 valence electrons. The molecular formula is C12H17FN2O2. The second kappa shape index (κ2) is 4.58. The average molecular weight is 240 g/mol. The van der Waals surface area contributed by atoms with E-state index in [2.05, 4.69) is 9.88 Å². The number of piperidine rings is 1. The van der Waals surface area contributed by atoms with E-state index in [1.807, 2.05) is 7.05 Å². The van der Waals surface area contributed by atoms with Gasteiger partial charge in [0.25, 0.3) is 0 Å². The third kappa shape index (κ3) is 2.25. The summed E-state index contributed by atoms with van der Waals surface area (Å²) in [5.41, 5.74) is -0.815. The fourth-order valence-corrected chi connectivity index (χ4v) is 2.18. The summed E-state index contributed by atoms with van der Waals surface area (Å²) in [6.07, 6.45) is 2.51. The first-order chi connectivity index (χ1) is 8.07. The molecule has 0 bridgehead atoms. The number of halogens is 1. The van der Waals surface area contributed by atoms with Crippen LogP contribution in [0.25, 0.3) is 0 Å². The van der Waals surface area contributed by atoms with E-state index >= 15 is 0 Å². The molecule has 0 atom stereocenters. The highest BCUT2D eigenvalue weighted by atomic mass is 19.1. The fraction of sp³-hybridized carbons (Fsp3) is 0.583. The lowest BCUT2D eigenvalue weighted by Crippen LogP contribution is -2.41. The number of aliphatic hydroxyl groups is 1. The summed E-state index contributed by atoms with van der Waals surface area (Å²) in [4.78, 5) is 5.90. The zero-order chi connectivity index (χ0) is 12.5. The lowest BCUT2D eigenvalue weighted by molar-refractivity contribution is -0.0234. The molecule has 5 heteroatoms. The van der Waals surface area contributed by atoms with Crippen LogP contribution in [0.4, 0.5) is 4.39 Å². The Morgan fingerprint density at radius 3 is 2.71 bits per heavy atom. The maximum atomic E-state index is 14.0. The Bertz CT molecular complexity index is 403. The van der Waals surface area contributed by atoms with Crippen molar-refractivity contribution in [1.29, 1.82) is 0 Å². The number of aromatic nitrogens is 1. The van der Waals surface area contributed by atoms with Crippen molar-refractivity contribution < 1.29 is 14.2 Å². The van der Waals surface area contributed by atoms with Crippen LogP contribution < -0.4 is 4.74 Å². The van der Waals surface area contributed by atoms with Crippen LogP contribution in [0.15, 0.2) is 12.3 Å². The first-order valence-corrected chi connectivity index (χ1v) is 5.67. The molecule has 0 spiro atoms. The maximum absolute atomic E-state index is 14.0. The van der Waals surface area contributed by atoms with E-state index in [0.29, 0.717) is 12.8 Å². The van der Waals surface area contributed by atoms with Crippen molar-refractivity contribution in [2.45, 2.75) is 18.4 Å². The maximum Gasteiger partial charge on any atom is 0.250 e. The molecule has 0 aliphatic carbocycles. The minimum absolute atomic E-state index is 0.0603. The fourth-order valence-electron chi connectivity index (χ4n) is 2.18. The highest BCUT2D eigenvalue weighted by molar-refractivity contribution is 5.29. The number of rotatable bonds is 2. The molecule has 4 nitrogen and oxygen atoms in total. The van der Waals surface area contributed by atoms with Gasteiger partial charge in [0.05, 0.1) is 12.7 Å². The zero-order valence-electron chi connectivity index (χ0n) is 10.1. The van der Waals surface area contributed by atoms with E-state index in [0.717, 1.165) is 13.1 Å². The second-order valence-electron chi connectivity index (χ2n) is 4.52. The highest BCUT2D eigenvalue weighted by Gasteiger charge is 2.36. The van der Waals surface area contributed by atoms with Gasteiger partial charge in [-0.1, -0.05) is 0 Å². The molecule has 17 heavy (non-hydrogen) atoms. The van der Waals surface area contributed by atoms with Gasteiger partial charge in [0, 0.05) is 24.8 Å². The second-order valence-corrected chi connectivity index (χ2v) is 4.52. The first-order valence-electron chi connectivity index (χ1n) is 5.67. The molecule has 1 aromatic heterocycles. The Morgan fingerprint density at radius 2 is 2.12 bits per heavy atom. The van der Waals surface area contributed by atoms with Gasteiger partial charge in [-0.15, -0.1) is 0 Å². The van der Waals surface area contributed by atoms with E-state index in [4.69, 9.17) is 4.74 Å². The lowest BCUT2D eigenvalue weighted by Gasteiger charge is -2.37. The summed E-state index contributed by atoms with van der Waals surface area (Å²) in [6, 6.07) is 1.53. The van der Waals surface area contributed by atoms with Crippen molar-refractivity contribution in [1.82, 2.24) is 9.88 Å². The monoisotopic (exact) mass is 240 g/mol. The van der Waals surface area contributed by atoms with Gasteiger partial charge in [0.15, 0.2) is 5.82 Å². The molecule has 1 aromatic rings. The molecule has 1 aliphatic rings. The van der Waals surface area contributed by atoms with Gasteiger partial charge in [-0.2, -0.15) is 0 Å². The van der Waals surface area contributed by atoms with E-state index in [1.165, 1.54) is 19.4 Å². The molecule has 1 saturated heterocycles. The summed E-state index contributed by atoms with van der Waals surface area (Å²) in [5.74, 6) is -0.614. The van der Waals surface area contributed by atoms with E-state index in [1.54, 1.807) is 0 Å². The smallest absolute Gasteiger partial charge is 0.250 e. The summed E-state index contributed by atoms with van der Waals surface area (Å²) in [7, 11) is 3.36. The van der Waals surface area contributed by atoms with Crippen molar-refractivity contribution in [3.8, 4) is 5.88 Å². The molecule has 0 unspecified atom stereocenters. The highest BCUT2D eigenvalue weighted by Crippen LogP contribution is 2.35. The number of nitrogens with zero attached hydrogens (tertiary/aromatic N) is 2. The first kappa shape index (κ1) is 12.3. The van der Waals surface area contributed by atoms with Gasteiger partial charge in [0.1, 0.15) is 0 Å². The Kier molecular flexibility index (Phi) is 3.31. The van der Waals surface area contributed by atoms with Crippen molar-refractivity contribution in [2.24, 2.45) is 0 Å². The number of pyridine rings is 1. The van der Waals surface area contributed by atoms with Gasteiger partial charge < -0.3 is 14.7 Å². The zero-order valence-corrected chi connectivity index (χ0v) is 10.1. The minimum atomic E-state index is -1.10. The molecule has 0 saturated carbocycles. The van der Waals surface area contributed by atoms with Gasteiger partial charge in [-0.3, -0.25) is 0 Å². The van der Waals surface area contributed by atoms with Crippen LogP contribution in [-0.2, 0) is 5.60 Å². The molecule has 2 heterocycles. The summed E-state index contributed by atoms with van der Waals surface area (Å²) in [6.45, 7) is 1.50. The molecular weight excluding hydrogens is 223 g/mol. The predicted octanol–water partition coefficient (Wildman–Crippen LogP) is 1.14. The van der Waals surface area contributed by atoms with Crippen LogP contribution in [0.5, 0.6) is 5.88 Å². The van der Waals surface area contributed by atoms with Crippen molar-refractivity contribution >= 4 is 0 Å². The topological polar surface area (TPSA) is 45.6 Å². The molecule has 1 aliphatic heterocycles. The number of methoxy groups -OCH3 is 1. The lowest BCUT2D eigenvalue weighted by atomic mass is 9.85. The van der Waals surface area contributed by atoms with Crippen LogP contribution in [0.3, 0.4) is 0 Å². The normalized spacial score (nSPS) is 20.2. The molecule has 2 rings (SSSR count). The Morgan fingerprint density at radius 1 is 1.47 bits per heavy atom. The molecule has 0 radical (unpaired) electrons. The summed E-state index contributed by atoms with van der Waals surface area (Å²) >= 11 is 0. The third-order valence-electron chi connectivity index (χ3n) is 3.37. The predicted molar refractivity (Wildman–Crippen MR) is 61.4 cm³/mol. The summed E-state index contributed by atoms with van der Waals surface area (Å²) in [5, 5.41) is 10.5. The van der Waals surface area contributed by atoms with E-state index in [-0.39, 0.29) is 11.4 Å². The largest absolute Gasteiger partial charge is 0.479 e. The van der Waals surface area contributed by atoms with Gasteiger partial charge >= 0.3 is 0 Å². The van der Waals surface area contributed by atoms with Crippen LogP contribution in [0.2, 0.25) is 0 Å². The quantitative estimate of drug-likeness (QED) is 0.842. The third-order valence-corrected chi connectivity index (χ3v) is 3.37. The molecule has 1 fully saturated rings. The van der Waals surface area contributed by atoms with Crippen molar-refractivity contribution in [3.05, 3.63) is 23.6 Å². The van der Waals surface area contributed by atoms with Crippen LogP contribution in [-0.4, -0.2) is 42.2 Å². The number of hydrogen-bond donors (Lipinski definition) is 1. The molecule has 1 N–H and O–H groups in total. The average Bonchev–Trinajstić information content (AvgIpc) is 2.33. The van der Waals surface area contributed by atoms with Crippen molar-refractivity contribution in [2.75, 3.05) is 27.2 Å². The van der Waals surface area contributed by atoms with Crippen LogP contribution >= 0.6 is 0 Å². The van der Waals surface area contributed by atoms with Gasteiger partial charge in [-0.25, -0.2) is 9.37 Å². The molecule has 0 amide bonds. The van der Waals surface area contributed by atoms with Gasteiger partial charge in [-0.05, 0) is 26.0 Å². The van der Waals surface area contributed by atoms with Crippen LogP contribution in [0, 0.1) is 5.82 Å². The summed E-state index contributed by atoms with van der Waals surface area (Å²) < 4.78 is 18.9. The Balaban J connectivity index is 2.33. The van der Waals surface area contributed by atoms with Crippen molar-refractivity contribution in [3.63, 3.8) is 0 Å². The number of hydrogen-bond acceptors (Lipinski definition) is 4.